The molecule has 2 heterocycles. The van der Waals surface area contributed by atoms with Gasteiger partial charge in [0.25, 0.3) is 5.95 Å². The van der Waals surface area contributed by atoms with Crippen LogP contribution >= 0.6 is 0 Å². The summed E-state index contributed by atoms with van der Waals surface area (Å²) >= 11 is 0. The third-order valence-corrected chi connectivity index (χ3v) is 3.58. The van der Waals surface area contributed by atoms with Gasteiger partial charge < -0.3 is 14.2 Å². The molecule has 1 saturated heterocycles. The molecule has 0 spiro atoms. The molecule has 0 saturated carbocycles. The molecule has 0 unspecified atom stereocenters. The fraction of sp³-hybridized carbons (Fsp3) is 0.857. The Bertz CT molecular complexity index is 377. The summed E-state index contributed by atoms with van der Waals surface area (Å²) in [4.78, 5) is 8.93. The van der Waals surface area contributed by atoms with Crippen molar-refractivity contribution >= 4 is 5.95 Å². The quantitative estimate of drug-likeness (QED) is 0.675. The maximum absolute atomic E-state index is 5.35. The van der Waals surface area contributed by atoms with Crippen LogP contribution in [0, 0.1) is 0 Å². The Morgan fingerprint density at radius 2 is 2.05 bits per heavy atom. The monoisotopic (exact) mass is 282 g/mol. The number of unbranched alkanes of at least 4 members (excludes halogenated alkanes) is 1. The van der Waals surface area contributed by atoms with E-state index in [9.17, 15) is 0 Å². The first kappa shape index (κ1) is 15.3. The average molecular weight is 282 g/mol. The summed E-state index contributed by atoms with van der Waals surface area (Å²) in [6.45, 7) is 8.13. The zero-order chi connectivity index (χ0) is 14.2. The molecule has 0 N–H and O–H groups in total. The van der Waals surface area contributed by atoms with E-state index in [-0.39, 0.29) is 0 Å². The molecule has 2 rings (SSSR count). The summed E-state index contributed by atoms with van der Waals surface area (Å²) in [5.74, 6) is 1.45. The topological polar surface area (TPSA) is 54.6 Å². The fourth-order valence-corrected chi connectivity index (χ4v) is 2.33. The highest BCUT2D eigenvalue weighted by atomic mass is 16.5. The van der Waals surface area contributed by atoms with Crippen molar-refractivity contribution in [2.75, 3.05) is 51.3 Å². The Kier molecular flexibility index (Phi) is 6.26. The van der Waals surface area contributed by atoms with Crippen LogP contribution in [0.15, 0.2) is 4.52 Å². The van der Waals surface area contributed by atoms with Gasteiger partial charge in [-0.25, -0.2) is 0 Å². The van der Waals surface area contributed by atoms with Gasteiger partial charge in [0.15, 0.2) is 0 Å². The first-order valence-corrected chi connectivity index (χ1v) is 7.63. The number of ether oxygens (including phenoxy) is 1. The number of hydrogen-bond acceptors (Lipinski definition) is 6. The zero-order valence-corrected chi connectivity index (χ0v) is 12.7. The smallest absolute Gasteiger partial charge is 0.265 e. The highest BCUT2D eigenvalue weighted by Crippen LogP contribution is 2.10. The maximum atomic E-state index is 5.35. The molecule has 0 aromatic carbocycles. The minimum atomic E-state index is 0.708. The highest BCUT2D eigenvalue weighted by Gasteiger charge is 2.11. The van der Waals surface area contributed by atoms with Gasteiger partial charge in [0.1, 0.15) is 0 Å². The van der Waals surface area contributed by atoms with E-state index in [0.29, 0.717) is 5.95 Å². The van der Waals surface area contributed by atoms with Gasteiger partial charge in [-0.05, 0) is 31.0 Å². The predicted octanol–water partition coefficient (Wildman–Crippen LogP) is 1.57. The molecular weight excluding hydrogens is 256 g/mol. The van der Waals surface area contributed by atoms with Crippen LogP contribution in [-0.4, -0.2) is 61.5 Å². The largest absolute Gasteiger partial charge is 0.379 e. The van der Waals surface area contributed by atoms with E-state index in [1.807, 2.05) is 7.05 Å². The van der Waals surface area contributed by atoms with Crippen molar-refractivity contribution in [3.8, 4) is 0 Å². The normalized spacial score (nSPS) is 16.5. The third-order valence-electron chi connectivity index (χ3n) is 3.58. The Balaban J connectivity index is 1.62. The van der Waals surface area contributed by atoms with Crippen molar-refractivity contribution in [1.29, 1.82) is 0 Å². The second kappa shape index (κ2) is 8.21. The summed E-state index contributed by atoms with van der Waals surface area (Å²) in [6.07, 6.45) is 4.23. The van der Waals surface area contributed by atoms with Crippen molar-refractivity contribution in [2.45, 2.75) is 32.6 Å². The van der Waals surface area contributed by atoms with Crippen LogP contribution in [-0.2, 0) is 11.2 Å². The third kappa shape index (κ3) is 4.76. The molecule has 0 radical (unpaired) electrons. The van der Waals surface area contributed by atoms with E-state index in [4.69, 9.17) is 9.26 Å². The standard InChI is InChI=1S/C14H26N4O2/c1-3-6-13-15-14(16-20-13)17(2)7-4-5-8-18-9-11-19-12-10-18/h3-12H2,1-2H3. The molecule has 0 amide bonds. The van der Waals surface area contributed by atoms with Crippen molar-refractivity contribution in [3.63, 3.8) is 0 Å². The molecule has 114 valence electrons. The molecule has 1 fully saturated rings. The maximum Gasteiger partial charge on any atom is 0.265 e. The van der Waals surface area contributed by atoms with E-state index >= 15 is 0 Å². The molecule has 1 aliphatic heterocycles. The molecule has 0 bridgehead atoms. The Morgan fingerprint density at radius 1 is 1.25 bits per heavy atom. The lowest BCUT2D eigenvalue weighted by molar-refractivity contribution is 0.0372. The van der Waals surface area contributed by atoms with Crippen molar-refractivity contribution < 1.29 is 9.26 Å². The summed E-state index contributed by atoms with van der Waals surface area (Å²) in [6, 6.07) is 0. The molecule has 1 aliphatic rings. The van der Waals surface area contributed by atoms with Crippen molar-refractivity contribution in [3.05, 3.63) is 5.89 Å². The Hall–Kier alpha value is -1.14. The van der Waals surface area contributed by atoms with Crippen molar-refractivity contribution in [2.24, 2.45) is 0 Å². The van der Waals surface area contributed by atoms with Gasteiger partial charge in [0.2, 0.25) is 5.89 Å². The average Bonchev–Trinajstić information content (AvgIpc) is 2.94. The number of nitrogens with zero attached hydrogens (tertiary/aromatic N) is 4. The van der Waals surface area contributed by atoms with Crippen LogP contribution < -0.4 is 4.90 Å². The fourth-order valence-electron chi connectivity index (χ4n) is 2.33. The minimum absolute atomic E-state index is 0.708. The van der Waals surface area contributed by atoms with Gasteiger partial charge in [-0.1, -0.05) is 6.92 Å². The second-order valence-electron chi connectivity index (χ2n) is 5.32. The first-order chi connectivity index (χ1) is 9.79. The van der Waals surface area contributed by atoms with E-state index in [1.165, 1.54) is 6.42 Å². The molecular formula is C14H26N4O2. The lowest BCUT2D eigenvalue weighted by atomic mass is 10.2. The Labute approximate surface area is 121 Å². The summed E-state index contributed by atoms with van der Waals surface area (Å²) in [5.41, 5.74) is 0. The summed E-state index contributed by atoms with van der Waals surface area (Å²) < 4.78 is 10.6. The van der Waals surface area contributed by atoms with E-state index < -0.39 is 0 Å². The minimum Gasteiger partial charge on any atom is -0.379 e. The number of anilines is 1. The van der Waals surface area contributed by atoms with Crippen LogP contribution in [0.3, 0.4) is 0 Å². The van der Waals surface area contributed by atoms with Crippen LogP contribution in [0.2, 0.25) is 0 Å². The number of aromatic nitrogens is 2. The molecule has 6 heteroatoms. The van der Waals surface area contributed by atoms with E-state index in [0.717, 1.165) is 64.5 Å². The molecule has 0 atom stereocenters. The first-order valence-electron chi connectivity index (χ1n) is 7.63. The van der Waals surface area contributed by atoms with Gasteiger partial charge in [0, 0.05) is 33.1 Å². The van der Waals surface area contributed by atoms with Gasteiger partial charge in [-0.2, -0.15) is 4.98 Å². The van der Waals surface area contributed by atoms with E-state index in [1.54, 1.807) is 0 Å². The van der Waals surface area contributed by atoms with Crippen LogP contribution in [0.5, 0.6) is 0 Å². The number of rotatable bonds is 8. The Morgan fingerprint density at radius 3 is 2.80 bits per heavy atom. The molecule has 20 heavy (non-hydrogen) atoms. The van der Waals surface area contributed by atoms with E-state index in [2.05, 4.69) is 26.9 Å². The number of aryl methyl sites for hydroxylation is 1. The lowest BCUT2D eigenvalue weighted by Gasteiger charge is -2.26. The van der Waals surface area contributed by atoms with Gasteiger partial charge in [-0.3, -0.25) is 4.90 Å². The van der Waals surface area contributed by atoms with Gasteiger partial charge in [0.05, 0.1) is 13.2 Å². The van der Waals surface area contributed by atoms with Crippen LogP contribution in [0.25, 0.3) is 0 Å². The van der Waals surface area contributed by atoms with Crippen LogP contribution in [0.1, 0.15) is 32.1 Å². The summed E-state index contributed by atoms with van der Waals surface area (Å²) in [5, 5.41) is 4.02. The van der Waals surface area contributed by atoms with Crippen molar-refractivity contribution in [1.82, 2.24) is 15.0 Å². The zero-order valence-electron chi connectivity index (χ0n) is 12.7. The number of morpholine rings is 1. The molecule has 1 aromatic rings. The summed E-state index contributed by atoms with van der Waals surface area (Å²) in [7, 11) is 2.02. The van der Waals surface area contributed by atoms with Gasteiger partial charge in [-0.15, -0.1) is 0 Å². The SMILES string of the molecule is CCCc1nc(N(C)CCCCN2CCOCC2)no1. The second-order valence-corrected chi connectivity index (χ2v) is 5.32. The molecule has 6 nitrogen and oxygen atoms in total. The van der Waals surface area contributed by atoms with Crippen LogP contribution in [0.4, 0.5) is 5.95 Å². The number of hydrogen-bond donors (Lipinski definition) is 0. The lowest BCUT2D eigenvalue weighted by Crippen LogP contribution is -2.37. The molecule has 0 aliphatic carbocycles. The highest BCUT2D eigenvalue weighted by molar-refractivity contribution is 5.25. The molecule has 1 aromatic heterocycles. The predicted molar refractivity (Wildman–Crippen MR) is 78.1 cm³/mol. The van der Waals surface area contributed by atoms with Gasteiger partial charge >= 0.3 is 0 Å².